The highest BCUT2D eigenvalue weighted by Gasteiger charge is 2.19. The fraction of sp³-hybridized carbons (Fsp3) is 0.533. The third-order valence-electron chi connectivity index (χ3n) is 2.92. The van der Waals surface area contributed by atoms with Crippen LogP contribution in [0.4, 0.5) is 0 Å². The van der Waals surface area contributed by atoms with Crippen molar-refractivity contribution in [2.45, 2.75) is 45.6 Å². The molecule has 0 radical (unpaired) electrons. The quantitative estimate of drug-likeness (QED) is 0.786. The van der Waals surface area contributed by atoms with E-state index in [-0.39, 0.29) is 11.4 Å². The van der Waals surface area contributed by atoms with E-state index in [9.17, 15) is 4.79 Å². The maximum Gasteiger partial charge on any atom is 0.220 e. The zero-order valence-corrected chi connectivity index (χ0v) is 12.2. The Morgan fingerprint density at radius 2 is 2.11 bits per heavy atom. The Bertz CT molecular complexity index is 401. The van der Waals surface area contributed by atoms with Gasteiger partial charge in [-0.05, 0) is 39.2 Å². The molecule has 0 saturated heterocycles. The summed E-state index contributed by atoms with van der Waals surface area (Å²) in [5, 5.41) is 3.02. The SMILES string of the molecule is Cc1cccc(CCC(=O)NC(C)(C)CCCl)c1. The molecule has 100 valence electrons. The van der Waals surface area contributed by atoms with Crippen LogP contribution >= 0.6 is 11.6 Å². The van der Waals surface area contributed by atoms with Crippen LogP contribution in [-0.4, -0.2) is 17.3 Å². The molecule has 0 aliphatic heterocycles. The summed E-state index contributed by atoms with van der Waals surface area (Å²) in [6.45, 7) is 6.06. The summed E-state index contributed by atoms with van der Waals surface area (Å²) in [5.41, 5.74) is 2.22. The van der Waals surface area contributed by atoms with Crippen molar-refractivity contribution in [2.75, 3.05) is 5.88 Å². The van der Waals surface area contributed by atoms with Gasteiger partial charge in [0.2, 0.25) is 5.91 Å². The molecule has 0 aliphatic rings. The first kappa shape index (κ1) is 15.0. The summed E-state index contributed by atoms with van der Waals surface area (Å²) in [6.07, 6.45) is 2.09. The Kier molecular flexibility index (Phi) is 5.67. The highest BCUT2D eigenvalue weighted by atomic mass is 35.5. The van der Waals surface area contributed by atoms with Gasteiger partial charge in [0.1, 0.15) is 0 Å². The lowest BCUT2D eigenvalue weighted by atomic mass is 10.0. The lowest BCUT2D eigenvalue weighted by Crippen LogP contribution is -2.43. The largest absolute Gasteiger partial charge is 0.351 e. The minimum Gasteiger partial charge on any atom is -0.351 e. The van der Waals surface area contributed by atoms with Crippen LogP contribution < -0.4 is 5.32 Å². The van der Waals surface area contributed by atoms with Gasteiger partial charge in [0.25, 0.3) is 0 Å². The van der Waals surface area contributed by atoms with Crippen molar-refractivity contribution in [3.8, 4) is 0 Å². The van der Waals surface area contributed by atoms with Gasteiger partial charge in [0.15, 0.2) is 0 Å². The third kappa shape index (κ3) is 5.54. The van der Waals surface area contributed by atoms with E-state index in [2.05, 4.69) is 30.4 Å². The van der Waals surface area contributed by atoms with Crippen LogP contribution in [-0.2, 0) is 11.2 Å². The van der Waals surface area contributed by atoms with Crippen molar-refractivity contribution in [2.24, 2.45) is 0 Å². The van der Waals surface area contributed by atoms with Crippen molar-refractivity contribution >= 4 is 17.5 Å². The van der Waals surface area contributed by atoms with Crippen molar-refractivity contribution < 1.29 is 4.79 Å². The van der Waals surface area contributed by atoms with Gasteiger partial charge >= 0.3 is 0 Å². The monoisotopic (exact) mass is 267 g/mol. The summed E-state index contributed by atoms with van der Waals surface area (Å²) in [4.78, 5) is 11.8. The fourth-order valence-electron chi connectivity index (χ4n) is 1.86. The molecule has 1 aromatic carbocycles. The molecule has 0 fully saturated rings. The van der Waals surface area contributed by atoms with Crippen molar-refractivity contribution in [1.82, 2.24) is 5.32 Å². The number of nitrogens with one attached hydrogen (secondary N) is 1. The topological polar surface area (TPSA) is 29.1 Å². The van der Waals surface area contributed by atoms with E-state index in [4.69, 9.17) is 11.6 Å². The molecule has 0 aliphatic carbocycles. The number of halogens is 1. The Hall–Kier alpha value is -1.02. The molecule has 2 nitrogen and oxygen atoms in total. The second-order valence-corrected chi connectivity index (χ2v) is 5.74. The van der Waals surface area contributed by atoms with Crippen LogP contribution in [0, 0.1) is 6.92 Å². The summed E-state index contributed by atoms with van der Waals surface area (Å²) in [6, 6.07) is 8.27. The molecule has 18 heavy (non-hydrogen) atoms. The maximum atomic E-state index is 11.8. The predicted octanol–water partition coefficient (Wildman–Crippen LogP) is 3.45. The van der Waals surface area contributed by atoms with Gasteiger partial charge in [-0.3, -0.25) is 4.79 Å². The van der Waals surface area contributed by atoms with Crippen LogP contribution in [0.2, 0.25) is 0 Å². The molecule has 1 amide bonds. The minimum absolute atomic E-state index is 0.0895. The van der Waals surface area contributed by atoms with Gasteiger partial charge in [-0.1, -0.05) is 29.8 Å². The van der Waals surface area contributed by atoms with Crippen LogP contribution in [0.15, 0.2) is 24.3 Å². The first-order valence-electron chi connectivity index (χ1n) is 6.35. The average Bonchev–Trinajstić information content (AvgIpc) is 2.25. The Morgan fingerprint density at radius 1 is 1.39 bits per heavy atom. The number of carbonyl (C=O) groups is 1. The molecule has 0 bridgehead atoms. The molecule has 0 saturated carbocycles. The first-order valence-corrected chi connectivity index (χ1v) is 6.89. The summed E-state index contributed by atoms with van der Waals surface area (Å²) < 4.78 is 0. The predicted molar refractivity (Wildman–Crippen MR) is 77.1 cm³/mol. The highest BCUT2D eigenvalue weighted by molar-refractivity contribution is 6.17. The van der Waals surface area contributed by atoms with Crippen molar-refractivity contribution in [3.05, 3.63) is 35.4 Å². The number of carbonyl (C=O) groups excluding carboxylic acids is 1. The van der Waals surface area contributed by atoms with E-state index < -0.39 is 0 Å². The highest BCUT2D eigenvalue weighted by Crippen LogP contribution is 2.11. The van der Waals surface area contributed by atoms with E-state index in [1.807, 2.05) is 19.9 Å². The Morgan fingerprint density at radius 3 is 2.72 bits per heavy atom. The third-order valence-corrected chi connectivity index (χ3v) is 3.11. The Labute approximate surface area is 115 Å². The summed E-state index contributed by atoms with van der Waals surface area (Å²) in [7, 11) is 0. The number of rotatable bonds is 6. The normalized spacial score (nSPS) is 11.3. The van der Waals surface area contributed by atoms with Gasteiger partial charge in [-0.15, -0.1) is 11.6 Å². The van der Waals surface area contributed by atoms with E-state index in [0.29, 0.717) is 12.3 Å². The van der Waals surface area contributed by atoms with Gasteiger partial charge in [-0.2, -0.15) is 0 Å². The van der Waals surface area contributed by atoms with Crippen LogP contribution in [0.1, 0.15) is 37.8 Å². The molecule has 0 atom stereocenters. The molecule has 1 aromatic rings. The smallest absolute Gasteiger partial charge is 0.220 e. The second kappa shape index (κ2) is 6.79. The number of hydrogen-bond acceptors (Lipinski definition) is 1. The molecule has 0 aromatic heterocycles. The molecule has 3 heteroatoms. The van der Waals surface area contributed by atoms with Gasteiger partial charge < -0.3 is 5.32 Å². The molecule has 1 rings (SSSR count). The lowest BCUT2D eigenvalue weighted by molar-refractivity contribution is -0.122. The van der Waals surface area contributed by atoms with E-state index >= 15 is 0 Å². The number of benzene rings is 1. The minimum atomic E-state index is -0.217. The van der Waals surface area contributed by atoms with E-state index in [0.717, 1.165) is 12.8 Å². The number of amides is 1. The number of aryl methyl sites for hydroxylation is 2. The molecule has 0 spiro atoms. The number of alkyl halides is 1. The van der Waals surface area contributed by atoms with Crippen LogP contribution in [0.5, 0.6) is 0 Å². The number of hydrogen-bond donors (Lipinski definition) is 1. The van der Waals surface area contributed by atoms with Gasteiger partial charge in [0.05, 0.1) is 0 Å². The van der Waals surface area contributed by atoms with E-state index in [1.165, 1.54) is 11.1 Å². The lowest BCUT2D eigenvalue weighted by Gasteiger charge is -2.25. The fourth-order valence-corrected chi connectivity index (χ4v) is 2.34. The molecular weight excluding hydrogens is 246 g/mol. The Balaban J connectivity index is 2.42. The van der Waals surface area contributed by atoms with Gasteiger partial charge in [-0.25, -0.2) is 0 Å². The first-order chi connectivity index (χ1) is 8.43. The average molecular weight is 268 g/mol. The van der Waals surface area contributed by atoms with Crippen LogP contribution in [0.25, 0.3) is 0 Å². The maximum absolute atomic E-state index is 11.8. The standard InChI is InChI=1S/C15H22ClNO/c1-12-5-4-6-13(11-12)7-8-14(18)17-15(2,3)9-10-16/h4-6,11H,7-10H2,1-3H3,(H,17,18). The second-order valence-electron chi connectivity index (χ2n) is 5.36. The van der Waals surface area contributed by atoms with Crippen molar-refractivity contribution in [3.63, 3.8) is 0 Å². The molecule has 0 unspecified atom stereocenters. The molecule has 0 heterocycles. The molecular formula is C15H22ClNO. The summed E-state index contributed by atoms with van der Waals surface area (Å²) >= 11 is 5.71. The summed E-state index contributed by atoms with van der Waals surface area (Å²) in [5.74, 6) is 0.650. The zero-order valence-electron chi connectivity index (χ0n) is 11.4. The zero-order chi connectivity index (χ0) is 13.6. The van der Waals surface area contributed by atoms with E-state index in [1.54, 1.807) is 0 Å². The van der Waals surface area contributed by atoms with Gasteiger partial charge in [0, 0.05) is 17.8 Å². The van der Waals surface area contributed by atoms with Crippen molar-refractivity contribution in [1.29, 1.82) is 0 Å². The molecule has 1 N–H and O–H groups in total. The van der Waals surface area contributed by atoms with Crippen LogP contribution in [0.3, 0.4) is 0 Å².